The molecule has 11 nitrogen and oxygen atoms in total. The lowest BCUT2D eigenvalue weighted by Crippen LogP contribution is -2.37. The van der Waals surface area contributed by atoms with Gasteiger partial charge in [-0.15, -0.1) is 0 Å². The van der Waals surface area contributed by atoms with Gasteiger partial charge in [0, 0.05) is 20.6 Å². The molecule has 0 saturated carbocycles. The van der Waals surface area contributed by atoms with E-state index in [0.717, 1.165) is 10.1 Å². The molecule has 0 amide bonds. The van der Waals surface area contributed by atoms with Crippen LogP contribution in [0.5, 0.6) is 11.5 Å². The van der Waals surface area contributed by atoms with Crippen LogP contribution in [0, 0.1) is 0 Å². The monoisotopic (exact) mass is 402 g/mol. The normalized spacial score (nSPS) is 11.3. The molecule has 0 aliphatic rings. The number of aliphatic hydroxyl groups excluding tert-OH is 1. The van der Waals surface area contributed by atoms with E-state index in [1.165, 1.54) is 23.2 Å². The quantitative estimate of drug-likeness (QED) is 0.417. The van der Waals surface area contributed by atoms with Gasteiger partial charge >= 0.3 is 5.69 Å². The summed E-state index contributed by atoms with van der Waals surface area (Å²) in [4.78, 5) is 29.0. The molecule has 0 fully saturated rings. The second kappa shape index (κ2) is 8.19. The average Bonchev–Trinajstić information content (AvgIpc) is 3.09. The van der Waals surface area contributed by atoms with Crippen molar-refractivity contribution in [2.75, 3.05) is 26.3 Å². The summed E-state index contributed by atoms with van der Waals surface area (Å²) in [6, 6.07) is 5.30. The molecule has 0 saturated heterocycles. The maximum Gasteiger partial charge on any atom is 0.332 e. The molecule has 0 radical (unpaired) electrons. The summed E-state index contributed by atoms with van der Waals surface area (Å²) in [7, 11) is 6.01. The number of nitrogens with one attached hydrogen (secondary N) is 1. The van der Waals surface area contributed by atoms with Gasteiger partial charge in [-0.05, 0) is 23.8 Å². The van der Waals surface area contributed by atoms with E-state index in [9.17, 15) is 14.7 Å². The van der Waals surface area contributed by atoms with Crippen LogP contribution in [0.1, 0.15) is 5.56 Å². The number of anilines is 1. The Morgan fingerprint density at radius 2 is 1.90 bits per heavy atom. The highest BCUT2D eigenvalue weighted by Crippen LogP contribution is 2.26. The maximum absolute atomic E-state index is 12.6. The van der Waals surface area contributed by atoms with Crippen LogP contribution in [-0.4, -0.2) is 50.8 Å². The lowest BCUT2D eigenvalue weighted by molar-refractivity contribution is 0.278. The minimum absolute atomic E-state index is 0.109. The van der Waals surface area contributed by atoms with E-state index >= 15 is 0 Å². The Kier molecular flexibility index (Phi) is 5.69. The molecule has 29 heavy (non-hydrogen) atoms. The molecule has 3 rings (SSSR count). The first-order valence-corrected chi connectivity index (χ1v) is 8.71. The highest BCUT2D eigenvalue weighted by Gasteiger charge is 2.18. The van der Waals surface area contributed by atoms with Gasteiger partial charge in [-0.25, -0.2) is 10.2 Å². The van der Waals surface area contributed by atoms with Crippen molar-refractivity contribution >= 4 is 23.3 Å². The van der Waals surface area contributed by atoms with Crippen LogP contribution < -0.4 is 26.1 Å². The standard InChI is InChI=1S/C18H22N6O5/c1-22-15-14(16(26)23(2)18(22)27)24(7-8-25)17(20-15)21-19-10-11-5-6-12(28-3)13(9-11)29-4/h5-6,9-10,25H,7-8H2,1-4H3,(H,20,21)/b19-10-. The van der Waals surface area contributed by atoms with E-state index in [-0.39, 0.29) is 30.3 Å². The molecule has 154 valence electrons. The van der Waals surface area contributed by atoms with Gasteiger partial charge < -0.3 is 19.1 Å². The summed E-state index contributed by atoms with van der Waals surface area (Å²) in [6.07, 6.45) is 1.54. The summed E-state index contributed by atoms with van der Waals surface area (Å²) in [5, 5.41) is 13.6. The first-order chi connectivity index (χ1) is 13.9. The average molecular weight is 402 g/mol. The highest BCUT2D eigenvalue weighted by atomic mass is 16.5. The number of rotatable bonds is 7. The Bertz CT molecular complexity index is 1190. The molecule has 2 aromatic heterocycles. The topological polar surface area (TPSA) is 125 Å². The minimum atomic E-state index is -0.499. The lowest BCUT2D eigenvalue weighted by Gasteiger charge is -2.08. The molecule has 11 heteroatoms. The number of hydrazone groups is 1. The van der Waals surface area contributed by atoms with E-state index in [1.807, 2.05) is 0 Å². The number of aryl methyl sites for hydroxylation is 1. The van der Waals surface area contributed by atoms with Crippen LogP contribution in [-0.2, 0) is 20.6 Å². The fourth-order valence-electron chi connectivity index (χ4n) is 2.95. The molecule has 2 heterocycles. The third kappa shape index (κ3) is 3.59. The zero-order chi connectivity index (χ0) is 21.1. The smallest absolute Gasteiger partial charge is 0.332 e. The SMILES string of the molecule is COc1ccc(/C=N\Nc2nc3c(c(=O)n(C)c(=O)n3C)n2CCO)cc1OC. The number of nitrogens with zero attached hydrogens (tertiary/aromatic N) is 5. The van der Waals surface area contributed by atoms with Crippen LogP contribution in [0.25, 0.3) is 11.2 Å². The van der Waals surface area contributed by atoms with Crippen molar-refractivity contribution in [1.29, 1.82) is 0 Å². The molecule has 0 unspecified atom stereocenters. The van der Waals surface area contributed by atoms with Gasteiger partial charge in [-0.1, -0.05) is 0 Å². The van der Waals surface area contributed by atoms with Crippen molar-refractivity contribution in [3.63, 3.8) is 0 Å². The second-order valence-corrected chi connectivity index (χ2v) is 6.17. The van der Waals surface area contributed by atoms with Crippen molar-refractivity contribution in [2.24, 2.45) is 19.2 Å². The number of benzene rings is 1. The van der Waals surface area contributed by atoms with Crippen LogP contribution in [0.2, 0.25) is 0 Å². The van der Waals surface area contributed by atoms with Gasteiger partial charge in [0.05, 0.1) is 27.0 Å². The molecule has 3 aromatic rings. The molecule has 2 N–H and O–H groups in total. The Labute approximate surface area is 165 Å². The lowest BCUT2D eigenvalue weighted by atomic mass is 10.2. The van der Waals surface area contributed by atoms with Crippen molar-refractivity contribution in [3.8, 4) is 11.5 Å². The van der Waals surface area contributed by atoms with Gasteiger partial charge in [0.25, 0.3) is 5.56 Å². The number of imidazole rings is 1. The molecule has 1 aromatic carbocycles. The van der Waals surface area contributed by atoms with Crippen LogP contribution in [0.15, 0.2) is 32.9 Å². The number of hydrogen-bond acceptors (Lipinski definition) is 8. The Balaban J connectivity index is 2.00. The van der Waals surface area contributed by atoms with Gasteiger partial charge in [0.2, 0.25) is 5.95 Å². The zero-order valence-electron chi connectivity index (χ0n) is 16.5. The molecule has 0 bridgehead atoms. The fraction of sp³-hybridized carbons (Fsp3) is 0.333. The van der Waals surface area contributed by atoms with Crippen molar-refractivity contribution in [1.82, 2.24) is 18.7 Å². The molecule has 0 spiro atoms. The van der Waals surface area contributed by atoms with E-state index in [4.69, 9.17) is 9.47 Å². The van der Waals surface area contributed by atoms with Crippen molar-refractivity contribution in [2.45, 2.75) is 6.54 Å². The third-order valence-corrected chi connectivity index (χ3v) is 4.46. The van der Waals surface area contributed by atoms with E-state index < -0.39 is 11.2 Å². The number of methoxy groups -OCH3 is 2. The van der Waals surface area contributed by atoms with Crippen molar-refractivity contribution < 1.29 is 14.6 Å². The van der Waals surface area contributed by atoms with Crippen LogP contribution in [0.4, 0.5) is 5.95 Å². The summed E-state index contributed by atoms with van der Waals surface area (Å²) in [5.41, 5.74) is 2.93. The zero-order valence-corrected chi connectivity index (χ0v) is 16.5. The summed E-state index contributed by atoms with van der Waals surface area (Å²) in [6.45, 7) is -0.107. The predicted octanol–water partition coefficient (Wildman–Crippen LogP) is -0.111. The number of ether oxygens (including phenoxy) is 2. The first kappa shape index (κ1) is 20.1. The molecule has 0 aliphatic carbocycles. The van der Waals surface area contributed by atoms with Gasteiger partial charge in [0.1, 0.15) is 0 Å². The number of aromatic nitrogens is 4. The maximum atomic E-state index is 12.6. The number of hydrogen-bond donors (Lipinski definition) is 2. The number of fused-ring (bicyclic) bond motifs is 1. The summed E-state index contributed by atoms with van der Waals surface area (Å²) < 4.78 is 14.2. The molecule has 0 atom stereocenters. The summed E-state index contributed by atoms with van der Waals surface area (Å²) >= 11 is 0. The Hall–Kier alpha value is -3.60. The van der Waals surface area contributed by atoms with Crippen LogP contribution in [0.3, 0.4) is 0 Å². The predicted molar refractivity (Wildman–Crippen MR) is 108 cm³/mol. The van der Waals surface area contributed by atoms with E-state index in [1.54, 1.807) is 38.6 Å². The second-order valence-electron chi connectivity index (χ2n) is 6.17. The molecule has 0 aliphatic heterocycles. The van der Waals surface area contributed by atoms with E-state index in [2.05, 4.69) is 15.5 Å². The fourth-order valence-corrected chi connectivity index (χ4v) is 2.95. The number of aliphatic hydroxyl groups is 1. The Morgan fingerprint density at radius 3 is 2.55 bits per heavy atom. The molecular formula is C18H22N6O5. The van der Waals surface area contributed by atoms with Gasteiger partial charge in [0.15, 0.2) is 22.7 Å². The largest absolute Gasteiger partial charge is 0.493 e. The minimum Gasteiger partial charge on any atom is -0.493 e. The highest BCUT2D eigenvalue weighted by molar-refractivity contribution is 5.81. The van der Waals surface area contributed by atoms with E-state index in [0.29, 0.717) is 11.5 Å². The van der Waals surface area contributed by atoms with Crippen molar-refractivity contribution in [3.05, 3.63) is 44.6 Å². The van der Waals surface area contributed by atoms with Crippen LogP contribution >= 0.6 is 0 Å². The Morgan fingerprint density at radius 1 is 1.17 bits per heavy atom. The first-order valence-electron chi connectivity index (χ1n) is 8.71. The van der Waals surface area contributed by atoms with Gasteiger partial charge in [-0.2, -0.15) is 10.1 Å². The third-order valence-electron chi connectivity index (χ3n) is 4.46. The van der Waals surface area contributed by atoms with Gasteiger partial charge in [-0.3, -0.25) is 13.9 Å². The summed E-state index contributed by atoms with van der Waals surface area (Å²) in [5.74, 6) is 1.38. The molecular weight excluding hydrogens is 380 g/mol.